The highest BCUT2D eigenvalue weighted by Gasteiger charge is 2.28. The fraction of sp³-hybridized carbons (Fsp3) is 0.400. The van der Waals surface area contributed by atoms with Crippen LogP contribution < -0.4 is 14.2 Å². The quantitative estimate of drug-likeness (QED) is 0.611. The summed E-state index contributed by atoms with van der Waals surface area (Å²) < 4.78 is 32.3. The first-order chi connectivity index (χ1) is 14.5. The van der Waals surface area contributed by atoms with E-state index in [1.165, 1.54) is 25.6 Å². The zero-order chi connectivity index (χ0) is 21.3. The molecule has 1 fully saturated rings. The van der Waals surface area contributed by atoms with Crippen LogP contribution in [0.5, 0.6) is 23.4 Å². The Hall–Kier alpha value is -3.43. The number of carbonyl (C=O) groups excluding carboxylic acids is 1. The van der Waals surface area contributed by atoms with Crippen molar-refractivity contribution in [3.8, 4) is 23.4 Å². The first-order valence-corrected chi connectivity index (χ1v) is 9.62. The minimum Gasteiger partial charge on any atom is -0.497 e. The van der Waals surface area contributed by atoms with E-state index in [1.54, 1.807) is 22.6 Å². The number of benzene rings is 1. The van der Waals surface area contributed by atoms with Gasteiger partial charge in [-0.25, -0.2) is 9.37 Å². The van der Waals surface area contributed by atoms with Crippen LogP contribution in [-0.2, 0) is 11.8 Å². The number of likely N-dealkylation sites (tertiary alicyclic amines) is 1. The molecule has 1 aliphatic rings. The number of carbonyl (C=O) groups is 1. The normalized spacial score (nSPS) is 16.1. The van der Waals surface area contributed by atoms with Gasteiger partial charge >= 0.3 is 6.01 Å². The summed E-state index contributed by atoms with van der Waals surface area (Å²) in [5, 5.41) is 0. The van der Waals surface area contributed by atoms with E-state index >= 15 is 0 Å². The van der Waals surface area contributed by atoms with E-state index in [0.29, 0.717) is 42.3 Å². The summed E-state index contributed by atoms with van der Waals surface area (Å²) in [6, 6.07) is 4.26. The van der Waals surface area contributed by atoms with Crippen molar-refractivity contribution in [2.45, 2.75) is 25.9 Å². The van der Waals surface area contributed by atoms with E-state index in [9.17, 15) is 9.18 Å². The molecule has 10 heteroatoms. The fourth-order valence-electron chi connectivity index (χ4n) is 3.39. The molecule has 9 nitrogen and oxygen atoms in total. The summed E-state index contributed by atoms with van der Waals surface area (Å²) in [6.07, 6.45) is 2.41. The van der Waals surface area contributed by atoms with Gasteiger partial charge in [0.05, 0.1) is 13.7 Å². The minimum atomic E-state index is -0.487. The zero-order valence-corrected chi connectivity index (χ0v) is 17.0. The molecule has 3 aromatic rings. The van der Waals surface area contributed by atoms with Crippen LogP contribution in [0.1, 0.15) is 19.8 Å². The number of fused-ring (bicyclic) bond motifs is 1. The Labute approximate surface area is 172 Å². The molecule has 1 aromatic carbocycles. The molecule has 1 atom stereocenters. The topological polar surface area (TPSA) is 91.6 Å². The largest absolute Gasteiger partial charge is 0.497 e. The number of ether oxygens (including phenoxy) is 3. The molecule has 1 aliphatic heterocycles. The summed E-state index contributed by atoms with van der Waals surface area (Å²) in [6.45, 7) is 3.01. The number of hydrogen-bond donors (Lipinski definition) is 0. The van der Waals surface area contributed by atoms with Gasteiger partial charge in [0.25, 0.3) is 0 Å². The van der Waals surface area contributed by atoms with Gasteiger partial charge in [0, 0.05) is 44.6 Å². The summed E-state index contributed by atoms with van der Waals surface area (Å²) in [5.74, 6) is 0.510. The Morgan fingerprint density at radius 3 is 2.83 bits per heavy atom. The monoisotopic (exact) mass is 415 g/mol. The lowest BCUT2D eigenvalue weighted by Gasteiger charge is -2.16. The van der Waals surface area contributed by atoms with Crippen LogP contribution in [0.15, 0.2) is 24.5 Å². The van der Waals surface area contributed by atoms with Crippen molar-refractivity contribution in [1.29, 1.82) is 0 Å². The third-order valence-corrected chi connectivity index (χ3v) is 4.95. The molecule has 1 unspecified atom stereocenters. The van der Waals surface area contributed by atoms with Gasteiger partial charge in [0.1, 0.15) is 29.7 Å². The molecular formula is C20H22FN5O4. The molecule has 0 spiro atoms. The number of nitrogens with zero attached hydrogens (tertiary/aromatic N) is 5. The number of aryl methyl sites for hydroxylation is 1. The molecule has 4 rings (SSSR count). The fourth-order valence-corrected chi connectivity index (χ4v) is 3.39. The highest BCUT2D eigenvalue weighted by molar-refractivity contribution is 5.78. The second-order valence-corrected chi connectivity index (χ2v) is 6.96. The smallest absolute Gasteiger partial charge is 0.304 e. The van der Waals surface area contributed by atoms with Crippen LogP contribution in [0.25, 0.3) is 11.2 Å². The summed E-state index contributed by atoms with van der Waals surface area (Å²) in [7, 11) is 3.18. The Balaban J connectivity index is 1.59. The molecule has 30 heavy (non-hydrogen) atoms. The lowest BCUT2D eigenvalue weighted by Crippen LogP contribution is -2.30. The maximum atomic E-state index is 13.8. The van der Waals surface area contributed by atoms with Crippen LogP contribution in [0.3, 0.4) is 0 Å². The number of hydrogen-bond acceptors (Lipinski definition) is 7. The summed E-state index contributed by atoms with van der Waals surface area (Å²) in [4.78, 5) is 26.6. The molecule has 3 heterocycles. The Kier molecular flexibility index (Phi) is 5.39. The number of rotatable bonds is 6. The first kappa shape index (κ1) is 19.9. The second-order valence-electron chi connectivity index (χ2n) is 6.96. The standard InChI is InChI=1S/C20H22FN5O4/c1-4-16(27)26-6-5-13(10-26)29-19-17-18(22-11-23-19)25(2)20(24-17)30-15-8-12(21)7-14(9-15)28-3/h7-9,11,13H,4-6,10H2,1-3H3. The summed E-state index contributed by atoms with van der Waals surface area (Å²) in [5.41, 5.74) is 0.941. The minimum absolute atomic E-state index is 0.105. The van der Waals surface area contributed by atoms with Crippen molar-refractivity contribution in [2.24, 2.45) is 7.05 Å². The number of methoxy groups -OCH3 is 1. The maximum Gasteiger partial charge on any atom is 0.304 e. The number of halogens is 1. The SMILES string of the molecule is CCC(=O)N1CCC(Oc2ncnc3c2nc(Oc2cc(F)cc(OC)c2)n3C)C1. The molecule has 1 saturated heterocycles. The van der Waals surface area contributed by atoms with Crippen molar-refractivity contribution in [3.63, 3.8) is 0 Å². The van der Waals surface area contributed by atoms with Gasteiger partial charge in [-0.05, 0) is 0 Å². The van der Waals surface area contributed by atoms with Gasteiger partial charge in [-0.3, -0.25) is 9.36 Å². The van der Waals surface area contributed by atoms with Gasteiger partial charge in [0.15, 0.2) is 11.2 Å². The van der Waals surface area contributed by atoms with Gasteiger partial charge in [0.2, 0.25) is 11.8 Å². The number of aromatic nitrogens is 4. The highest BCUT2D eigenvalue weighted by atomic mass is 19.1. The number of amides is 1. The van der Waals surface area contributed by atoms with Crippen molar-refractivity contribution in [3.05, 3.63) is 30.3 Å². The molecule has 0 saturated carbocycles. The van der Waals surface area contributed by atoms with Gasteiger partial charge in [-0.15, -0.1) is 0 Å². The summed E-state index contributed by atoms with van der Waals surface area (Å²) >= 11 is 0. The Morgan fingerprint density at radius 1 is 1.27 bits per heavy atom. The maximum absolute atomic E-state index is 13.8. The molecule has 0 bridgehead atoms. The molecule has 0 radical (unpaired) electrons. The number of imidazole rings is 1. The molecular weight excluding hydrogens is 393 g/mol. The van der Waals surface area contributed by atoms with Crippen LogP contribution in [-0.4, -0.2) is 56.6 Å². The van der Waals surface area contributed by atoms with Crippen LogP contribution >= 0.6 is 0 Å². The van der Waals surface area contributed by atoms with Crippen molar-refractivity contribution in [1.82, 2.24) is 24.4 Å². The van der Waals surface area contributed by atoms with Crippen LogP contribution in [0.4, 0.5) is 4.39 Å². The lowest BCUT2D eigenvalue weighted by atomic mass is 10.3. The van der Waals surface area contributed by atoms with E-state index < -0.39 is 5.82 Å². The predicted octanol–water partition coefficient (Wildman–Crippen LogP) is 2.69. The Morgan fingerprint density at radius 2 is 2.07 bits per heavy atom. The molecule has 1 amide bonds. The highest BCUT2D eigenvalue weighted by Crippen LogP contribution is 2.31. The van der Waals surface area contributed by atoms with E-state index in [1.807, 2.05) is 6.92 Å². The zero-order valence-electron chi connectivity index (χ0n) is 17.0. The van der Waals surface area contributed by atoms with Gasteiger partial charge in [-0.1, -0.05) is 6.92 Å². The van der Waals surface area contributed by atoms with Crippen molar-refractivity contribution >= 4 is 17.1 Å². The lowest BCUT2D eigenvalue weighted by molar-refractivity contribution is -0.130. The Bertz CT molecular complexity index is 1090. The van der Waals surface area contributed by atoms with Crippen molar-refractivity contribution in [2.75, 3.05) is 20.2 Å². The van der Waals surface area contributed by atoms with E-state index in [0.717, 1.165) is 6.42 Å². The first-order valence-electron chi connectivity index (χ1n) is 9.62. The average molecular weight is 415 g/mol. The molecule has 0 N–H and O–H groups in total. The van der Waals surface area contributed by atoms with Crippen molar-refractivity contribution < 1.29 is 23.4 Å². The average Bonchev–Trinajstić information content (AvgIpc) is 3.33. The van der Waals surface area contributed by atoms with E-state index in [4.69, 9.17) is 14.2 Å². The van der Waals surface area contributed by atoms with Crippen LogP contribution in [0, 0.1) is 5.82 Å². The third kappa shape index (κ3) is 3.85. The second kappa shape index (κ2) is 8.13. The molecule has 0 aliphatic carbocycles. The van der Waals surface area contributed by atoms with E-state index in [-0.39, 0.29) is 23.8 Å². The van der Waals surface area contributed by atoms with E-state index in [2.05, 4.69) is 15.0 Å². The third-order valence-electron chi connectivity index (χ3n) is 4.95. The molecule has 158 valence electrons. The molecule has 2 aromatic heterocycles. The van der Waals surface area contributed by atoms with Gasteiger partial charge < -0.3 is 19.1 Å². The van der Waals surface area contributed by atoms with Crippen LogP contribution in [0.2, 0.25) is 0 Å². The van der Waals surface area contributed by atoms with Gasteiger partial charge in [-0.2, -0.15) is 9.97 Å². The predicted molar refractivity (Wildman–Crippen MR) is 105 cm³/mol.